The molecule has 22 heteroatoms. The molecule has 3 aliphatic rings. The van der Waals surface area contributed by atoms with Gasteiger partial charge >= 0.3 is 29.6 Å². The van der Waals surface area contributed by atoms with Gasteiger partial charge in [0.25, 0.3) is 11.1 Å². The topological polar surface area (TPSA) is 247 Å². The van der Waals surface area contributed by atoms with Crippen LogP contribution in [-0.2, 0) is 68.7 Å². The number of ether oxygens (including phenoxy) is 3. The van der Waals surface area contributed by atoms with Crippen LogP contribution in [0.15, 0.2) is 180 Å². The number of fused-ring (bicyclic) bond motifs is 2. The van der Waals surface area contributed by atoms with Crippen LogP contribution in [0.5, 0.6) is 0 Å². The molecular formula is C78H114BN10NaO9Ti-. The van der Waals surface area contributed by atoms with Crippen LogP contribution in [0.2, 0.25) is 0 Å². The van der Waals surface area contributed by atoms with Crippen molar-refractivity contribution >= 4 is 47.9 Å². The molecule has 7 N–H and O–H groups in total. The number of carbonyl (C=O) groups excluding carboxylic acids is 1. The molecule has 0 saturated carbocycles. The summed E-state index contributed by atoms with van der Waals surface area (Å²) in [6, 6.07) is 50.5. The Labute approximate surface area is 636 Å². The number of aryl methyl sites for hydroxylation is 2. The number of aromatic nitrogens is 4. The zero-order valence-electron chi connectivity index (χ0n) is 61.6. The third-order valence-electron chi connectivity index (χ3n) is 15.0. The van der Waals surface area contributed by atoms with Gasteiger partial charge in [0.15, 0.2) is 11.6 Å². The van der Waals surface area contributed by atoms with E-state index in [0.29, 0.717) is 43.5 Å². The van der Waals surface area contributed by atoms with Crippen molar-refractivity contribution in [2.45, 2.75) is 170 Å². The Bertz CT molecular complexity index is 3390. The minimum absolute atomic E-state index is 0. The van der Waals surface area contributed by atoms with E-state index in [1.54, 1.807) is 74.1 Å². The first-order valence-corrected chi connectivity index (χ1v) is 34.3. The molecule has 5 heterocycles. The minimum atomic E-state index is -0.417. The monoisotopic (exact) mass is 1420 g/mol. The predicted molar refractivity (Wildman–Crippen MR) is 403 cm³/mol. The normalized spacial score (nSPS) is 13.3. The van der Waals surface area contributed by atoms with Gasteiger partial charge in [-0.05, 0) is 143 Å². The van der Waals surface area contributed by atoms with E-state index in [4.69, 9.17) is 25.7 Å². The molecule has 3 fully saturated rings. The Morgan fingerprint density at radius 1 is 0.620 bits per heavy atom. The van der Waals surface area contributed by atoms with Gasteiger partial charge in [-0.3, -0.25) is 34.7 Å². The number of methoxy groups -OCH3 is 1. The number of anilines is 2. The summed E-state index contributed by atoms with van der Waals surface area (Å²) in [4.78, 5) is 49.1. The third-order valence-corrected chi connectivity index (χ3v) is 15.0. The maximum atomic E-state index is 12.9. The number of carbonyl (C=O) groups is 1. The smallest absolute Gasteiger partial charge is 0.852 e. The molecule has 8 aromatic rings. The number of hydrogen-bond acceptors (Lipinski definition) is 17. The quantitative estimate of drug-likeness (QED) is 0.0104. The molecule has 0 bridgehead atoms. The molecule has 0 spiro atoms. The van der Waals surface area contributed by atoms with Crippen LogP contribution in [0.4, 0.5) is 11.6 Å². The van der Waals surface area contributed by atoms with Crippen LogP contribution in [0.3, 0.4) is 0 Å². The molecule has 3 saturated heterocycles. The molecule has 100 heavy (non-hydrogen) atoms. The summed E-state index contributed by atoms with van der Waals surface area (Å²) < 4.78 is 17.9. The minimum Gasteiger partial charge on any atom is -0.852 e. The number of nitrogens with zero attached hydrogens (tertiary/aromatic N) is 6. The van der Waals surface area contributed by atoms with Crippen LogP contribution < -0.4 is 67.5 Å². The molecule has 11 rings (SSSR count). The SMILES string of the molecule is C1CCOC1.CC(C)OC(C)C.CC(C)[O-].COC.C[CH-]C.NCCCn1ccnc(NC2CCN(Cc3ccc4ccccc4c3)CC2)c1=O.O=Cc1ccccc1.O=c1c(NC2CCN(Cc3ccc4ccccc4c3)CC2)nccn1CCCNCc1ccccc1.OO.[B].[Na+].[Ti]. The van der Waals surface area contributed by atoms with Crippen molar-refractivity contribution in [1.82, 2.24) is 34.2 Å². The van der Waals surface area contributed by atoms with Crippen LogP contribution in [0, 0.1) is 6.42 Å². The molecule has 0 aliphatic carbocycles. The van der Waals surface area contributed by atoms with E-state index in [9.17, 15) is 19.5 Å². The molecular weight excluding hydrogens is 1300 g/mol. The average molecular weight is 1420 g/mol. The fraction of sp³-hybridized carbons (Fsp3) is 0.462. The first-order chi connectivity index (χ1) is 47.1. The van der Waals surface area contributed by atoms with Crippen molar-refractivity contribution in [1.29, 1.82) is 0 Å². The van der Waals surface area contributed by atoms with E-state index in [-0.39, 0.29) is 82.9 Å². The number of nitrogens with one attached hydrogen (secondary N) is 3. The van der Waals surface area contributed by atoms with Crippen LogP contribution >= 0.6 is 0 Å². The number of nitrogens with two attached hydrogens (primary N) is 1. The Balaban J connectivity index is 0.00000135. The fourth-order valence-corrected chi connectivity index (χ4v) is 10.5. The second-order valence-corrected chi connectivity index (χ2v) is 24.6. The Kier molecular flexibility index (Phi) is 55.3. The van der Waals surface area contributed by atoms with Gasteiger partial charge in [-0.2, -0.15) is 13.8 Å². The van der Waals surface area contributed by atoms with Crippen LogP contribution in [0.25, 0.3) is 21.5 Å². The number of benzene rings is 6. The second kappa shape index (κ2) is 58.7. The number of hydrogen-bond donors (Lipinski definition) is 6. The molecule has 3 aliphatic heterocycles. The largest absolute Gasteiger partial charge is 1.00 e. The summed E-state index contributed by atoms with van der Waals surface area (Å²) >= 11 is 0. The summed E-state index contributed by atoms with van der Waals surface area (Å²) in [5.74, 6) is 0.931. The number of likely N-dealkylation sites (tertiary alicyclic amines) is 2. The molecule has 2 aromatic heterocycles. The average Bonchev–Trinajstić information content (AvgIpc) is 0.867. The molecule has 3 radical (unpaired) electrons. The number of aldehydes is 1. The van der Waals surface area contributed by atoms with Crippen molar-refractivity contribution in [2.75, 3.05) is 77.3 Å². The van der Waals surface area contributed by atoms with Crippen molar-refractivity contribution in [2.24, 2.45) is 5.73 Å². The maximum absolute atomic E-state index is 12.9. The molecule has 0 atom stereocenters. The van der Waals surface area contributed by atoms with Crippen LogP contribution in [-0.4, -0.2) is 151 Å². The van der Waals surface area contributed by atoms with Crippen molar-refractivity contribution in [3.8, 4) is 0 Å². The summed E-state index contributed by atoms with van der Waals surface area (Å²) in [7, 11) is 3.25. The van der Waals surface area contributed by atoms with Gasteiger partial charge in [-0.15, -0.1) is 6.10 Å². The first-order valence-electron chi connectivity index (χ1n) is 34.3. The summed E-state index contributed by atoms with van der Waals surface area (Å²) in [5, 5.41) is 36.9. The second-order valence-electron chi connectivity index (χ2n) is 24.6. The van der Waals surface area contributed by atoms with E-state index in [1.807, 2.05) is 72.2 Å². The fourth-order valence-electron chi connectivity index (χ4n) is 10.5. The van der Waals surface area contributed by atoms with E-state index in [1.165, 1.54) is 51.1 Å². The number of piperidine rings is 2. The van der Waals surface area contributed by atoms with E-state index in [2.05, 4.69) is 150 Å². The summed E-state index contributed by atoms with van der Waals surface area (Å²) in [5.41, 5.74) is 10.2. The zero-order chi connectivity index (χ0) is 70.8. The predicted octanol–water partition coefficient (Wildman–Crippen LogP) is 9.48. The van der Waals surface area contributed by atoms with Crippen molar-refractivity contribution in [3.05, 3.63) is 220 Å². The van der Waals surface area contributed by atoms with Gasteiger partial charge in [0, 0.05) is 159 Å². The summed E-state index contributed by atoms with van der Waals surface area (Å²) in [6.07, 6.45) is 18.4. The Morgan fingerprint density at radius 2 is 1.00 bits per heavy atom. The van der Waals surface area contributed by atoms with Gasteiger partial charge in [-0.25, -0.2) is 9.97 Å². The zero-order valence-corrected chi connectivity index (χ0v) is 65.2. The summed E-state index contributed by atoms with van der Waals surface area (Å²) in [6.45, 7) is 27.0. The Hall–Kier alpha value is -5.75. The maximum Gasteiger partial charge on any atom is 1.00 e. The van der Waals surface area contributed by atoms with Gasteiger partial charge in [0.05, 0.1) is 12.2 Å². The Morgan fingerprint density at radius 3 is 1.35 bits per heavy atom. The molecule has 19 nitrogen and oxygen atoms in total. The van der Waals surface area contributed by atoms with Gasteiger partial charge < -0.3 is 56.6 Å². The van der Waals surface area contributed by atoms with Gasteiger partial charge in [-0.1, -0.05) is 147 Å². The molecule has 6 aromatic carbocycles. The number of rotatable bonds is 20. The molecule has 539 valence electrons. The van der Waals surface area contributed by atoms with Crippen LogP contribution in [0.1, 0.15) is 134 Å². The molecule has 0 unspecified atom stereocenters. The first kappa shape index (κ1) is 94.2. The van der Waals surface area contributed by atoms with E-state index < -0.39 is 6.10 Å². The van der Waals surface area contributed by atoms with Gasteiger partial charge in [0.2, 0.25) is 0 Å². The van der Waals surface area contributed by atoms with Gasteiger partial charge in [0.1, 0.15) is 6.29 Å². The standard InChI is InChI=1S/C30H35N5O.C23H29N5O.C7H6O.C6H14O.C4H8O.C3H7O.C3H7.C2H6O.B.Na.H2O2.Ti/c36-30-29(32-16-20-35(30)17-6-15-31-22-24-7-2-1-3-8-24)33-28-13-18-34(19-14-28)23-25-11-12-26-9-4-5-10-27(26)21-25;24-10-3-12-28-15-11-25-22(23(28)29)26-21-8-13-27(14-9-21)17-18-6-7-19-4-1-2-5-20(19)16-18;8-6-7-4-2-1-3-5-7;1-5(2)7-6(3)4;1-2-4-5-3-1;1-3(2)4;2*1-3-2;;;1-2;/h1-5,7-12,16,20-21,28,31H,6,13-15,17-19,22-23H2,(H,32,33);1-2,4-7,11,15-16,21H,3,8-10,12-14,17,24H2,(H,25,26);1-6H;5-6H,1-4H3;1-4H2;3H,1-2H3;3H,1-2H3;1-2H3;;;1-2H;/q;;;;;2*-1;;;+1;;. The van der Waals surface area contributed by atoms with Crippen molar-refractivity contribution in [3.63, 3.8) is 0 Å². The molecule has 0 amide bonds. The van der Waals surface area contributed by atoms with E-state index in [0.717, 1.165) is 116 Å². The van der Waals surface area contributed by atoms with Crippen molar-refractivity contribution < 1.29 is 85.9 Å². The van der Waals surface area contributed by atoms with E-state index >= 15 is 0 Å². The third kappa shape index (κ3) is 40.8.